The van der Waals surface area contributed by atoms with Crippen molar-refractivity contribution in [2.45, 2.75) is 25.4 Å². The highest BCUT2D eigenvalue weighted by molar-refractivity contribution is 5.98. The van der Waals surface area contributed by atoms with Gasteiger partial charge in [-0.05, 0) is 57.3 Å². The van der Waals surface area contributed by atoms with Crippen LogP contribution in [0, 0.1) is 5.82 Å². The molecule has 7 heteroatoms. The van der Waals surface area contributed by atoms with Crippen molar-refractivity contribution in [2.24, 2.45) is 0 Å². The normalized spacial score (nSPS) is 17.5. The van der Waals surface area contributed by atoms with Gasteiger partial charge in [0, 0.05) is 29.7 Å². The number of carbonyl (C=O) groups is 1. The standard InChI is InChI=1S/C19H22FN5O/c1-24(2)11-14-10-16(23-22-14)18-4-3-7-25(18)19(26)17-9-12-8-13(20)5-6-15(12)21-17/h5-6,8-10,18,21H,3-4,7,11H2,1-2H3,(H,22,23). The lowest BCUT2D eigenvalue weighted by molar-refractivity contribution is 0.0728. The van der Waals surface area contributed by atoms with Gasteiger partial charge >= 0.3 is 0 Å². The Bertz CT molecular complexity index is 944. The van der Waals surface area contributed by atoms with Crippen LogP contribution in [0.25, 0.3) is 10.9 Å². The van der Waals surface area contributed by atoms with Crippen LogP contribution < -0.4 is 0 Å². The van der Waals surface area contributed by atoms with E-state index in [1.165, 1.54) is 12.1 Å². The number of amides is 1. The van der Waals surface area contributed by atoms with E-state index in [-0.39, 0.29) is 17.8 Å². The number of benzene rings is 1. The average molecular weight is 355 g/mol. The van der Waals surface area contributed by atoms with Gasteiger partial charge in [-0.1, -0.05) is 0 Å². The van der Waals surface area contributed by atoms with Crippen LogP contribution in [-0.4, -0.2) is 51.5 Å². The molecule has 1 aliphatic rings. The molecule has 1 fully saturated rings. The summed E-state index contributed by atoms with van der Waals surface area (Å²) in [6.07, 6.45) is 1.84. The molecule has 3 heterocycles. The number of nitrogens with zero attached hydrogens (tertiary/aromatic N) is 3. The third kappa shape index (κ3) is 3.10. The molecule has 26 heavy (non-hydrogen) atoms. The number of aromatic amines is 2. The van der Waals surface area contributed by atoms with Crippen LogP contribution in [0.2, 0.25) is 0 Å². The molecule has 1 unspecified atom stereocenters. The van der Waals surface area contributed by atoms with Crippen molar-refractivity contribution in [1.29, 1.82) is 0 Å². The monoisotopic (exact) mass is 355 g/mol. The Morgan fingerprint density at radius 1 is 1.35 bits per heavy atom. The Morgan fingerprint density at radius 2 is 2.19 bits per heavy atom. The number of H-pyrrole nitrogens is 2. The molecule has 0 aliphatic carbocycles. The average Bonchev–Trinajstić information content (AvgIpc) is 3.31. The van der Waals surface area contributed by atoms with Crippen molar-refractivity contribution in [3.05, 3.63) is 53.2 Å². The van der Waals surface area contributed by atoms with Crippen molar-refractivity contribution < 1.29 is 9.18 Å². The highest BCUT2D eigenvalue weighted by Crippen LogP contribution is 2.33. The van der Waals surface area contributed by atoms with E-state index in [9.17, 15) is 9.18 Å². The fraction of sp³-hybridized carbons (Fsp3) is 0.368. The van der Waals surface area contributed by atoms with Crippen LogP contribution >= 0.6 is 0 Å². The number of hydrogen-bond donors (Lipinski definition) is 2. The highest BCUT2D eigenvalue weighted by atomic mass is 19.1. The molecule has 0 radical (unpaired) electrons. The van der Waals surface area contributed by atoms with Gasteiger partial charge < -0.3 is 14.8 Å². The van der Waals surface area contributed by atoms with Crippen molar-refractivity contribution in [1.82, 2.24) is 25.0 Å². The number of likely N-dealkylation sites (tertiary alicyclic amines) is 1. The number of rotatable bonds is 4. The van der Waals surface area contributed by atoms with E-state index in [2.05, 4.69) is 20.1 Å². The summed E-state index contributed by atoms with van der Waals surface area (Å²) in [5.74, 6) is -0.374. The first-order chi connectivity index (χ1) is 12.5. The first kappa shape index (κ1) is 16.8. The molecule has 1 aliphatic heterocycles. The first-order valence-corrected chi connectivity index (χ1v) is 8.79. The summed E-state index contributed by atoms with van der Waals surface area (Å²) in [5.41, 5.74) is 3.18. The summed E-state index contributed by atoms with van der Waals surface area (Å²) in [6, 6.07) is 8.21. The van der Waals surface area contributed by atoms with Crippen LogP contribution in [0.4, 0.5) is 4.39 Å². The smallest absolute Gasteiger partial charge is 0.270 e. The summed E-state index contributed by atoms with van der Waals surface area (Å²) >= 11 is 0. The maximum Gasteiger partial charge on any atom is 0.270 e. The molecule has 2 N–H and O–H groups in total. The molecule has 0 saturated carbocycles. The summed E-state index contributed by atoms with van der Waals surface area (Å²) in [6.45, 7) is 1.48. The van der Waals surface area contributed by atoms with Crippen LogP contribution in [0.3, 0.4) is 0 Å². The van der Waals surface area contributed by atoms with E-state index in [1.807, 2.05) is 25.1 Å². The third-order valence-corrected chi connectivity index (χ3v) is 4.81. The predicted octanol–water partition coefficient (Wildman–Crippen LogP) is 3.07. The second-order valence-corrected chi connectivity index (χ2v) is 7.13. The molecule has 3 aromatic rings. The number of halogens is 1. The van der Waals surface area contributed by atoms with Gasteiger partial charge in [-0.3, -0.25) is 9.89 Å². The van der Waals surface area contributed by atoms with E-state index in [0.29, 0.717) is 17.6 Å². The fourth-order valence-corrected chi connectivity index (χ4v) is 3.66. The van der Waals surface area contributed by atoms with Crippen molar-refractivity contribution in [2.75, 3.05) is 20.6 Å². The molecule has 2 aromatic heterocycles. The molecule has 1 saturated heterocycles. The Hall–Kier alpha value is -2.67. The maximum atomic E-state index is 13.4. The fourth-order valence-electron chi connectivity index (χ4n) is 3.66. The number of aromatic nitrogens is 3. The van der Waals surface area contributed by atoms with E-state index >= 15 is 0 Å². The highest BCUT2D eigenvalue weighted by Gasteiger charge is 2.33. The Morgan fingerprint density at radius 3 is 3.00 bits per heavy atom. The second-order valence-electron chi connectivity index (χ2n) is 7.13. The molecule has 1 atom stereocenters. The molecule has 0 spiro atoms. The van der Waals surface area contributed by atoms with Crippen LogP contribution in [0.5, 0.6) is 0 Å². The minimum Gasteiger partial charge on any atom is -0.351 e. The van der Waals surface area contributed by atoms with E-state index < -0.39 is 0 Å². The Kier molecular flexibility index (Phi) is 4.24. The molecular formula is C19H22FN5O. The molecule has 6 nitrogen and oxygen atoms in total. The summed E-state index contributed by atoms with van der Waals surface area (Å²) in [5, 5.41) is 8.19. The lowest BCUT2D eigenvalue weighted by Gasteiger charge is -2.22. The van der Waals surface area contributed by atoms with Gasteiger partial charge in [0.15, 0.2) is 0 Å². The minimum atomic E-state index is -0.306. The zero-order valence-electron chi connectivity index (χ0n) is 14.9. The van der Waals surface area contributed by atoms with Gasteiger partial charge in [-0.2, -0.15) is 5.10 Å². The van der Waals surface area contributed by atoms with Crippen molar-refractivity contribution in [3.63, 3.8) is 0 Å². The maximum absolute atomic E-state index is 13.4. The summed E-state index contributed by atoms with van der Waals surface area (Å²) in [4.78, 5) is 20.1. The zero-order valence-corrected chi connectivity index (χ0v) is 14.9. The number of fused-ring (bicyclic) bond motifs is 1. The third-order valence-electron chi connectivity index (χ3n) is 4.81. The summed E-state index contributed by atoms with van der Waals surface area (Å²) in [7, 11) is 4.01. The number of carbonyl (C=O) groups excluding carboxylic acids is 1. The molecule has 1 aromatic carbocycles. The Balaban J connectivity index is 1.58. The quantitative estimate of drug-likeness (QED) is 0.756. The molecule has 4 rings (SSSR count). The van der Waals surface area contributed by atoms with E-state index in [1.54, 1.807) is 12.1 Å². The van der Waals surface area contributed by atoms with E-state index in [0.717, 1.165) is 36.3 Å². The lowest BCUT2D eigenvalue weighted by atomic mass is 10.1. The van der Waals surface area contributed by atoms with Gasteiger partial charge in [0.25, 0.3) is 5.91 Å². The largest absolute Gasteiger partial charge is 0.351 e. The minimum absolute atomic E-state index is 0.0298. The van der Waals surface area contributed by atoms with Crippen molar-refractivity contribution in [3.8, 4) is 0 Å². The lowest BCUT2D eigenvalue weighted by Crippen LogP contribution is -2.31. The van der Waals surface area contributed by atoms with Gasteiger partial charge in [-0.25, -0.2) is 4.39 Å². The van der Waals surface area contributed by atoms with Crippen LogP contribution in [0.15, 0.2) is 30.3 Å². The second kappa shape index (κ2) is 6.57. The topological polar surface area (TPSA) is 68.0 Å². The molecular weight excluding hydrogens is 333 g/mol. The van der Waals surface area contributed by atoms with Gasteiger partial charge in [0.05, 0.1) is 11.7 Å². The van der Waals surface area contributed by atoms with Gasteiger partial charge in [0.2, 0.25) is 0 Å². The number of hydrogen-bond acceptors (Lipinski definition) is 3. The van der Waals surface area contributed by atoms with Gasteiger partial charge in [-0.15, -0.1) is 0 Å². The number of nitrogens with one attached hydrogen (secondary N) is 2. The zero-order chi connectivity index (χ0) is 18.3. The predicted molar refractivity (Wildman–Crippen MR) is 97.2 cm³/mol. The molecule has 0 bridgehead atoms. The SMILES string of the molecule is CN(C)Cc1cc(C2CCCN2C(=O)c2cc3cc(F)ccc3[nH]2)n[nH]1. The van der Waals surface area contributed by atoms with Crippen molar-refractivity contribution >= 4 is 16.8 Å². The van der Waals surface area contributed by atoms with Gasteiger partial charge in [0.1, 0.15) is 11.5 Å². The summed E-state index contributed by atoms with van der Waals surface area (Å²) < 4.78 is 13.4. The first-order valence-electron chi connectivity index (χ1n) is 8.79. The van der Waals surface area contributed by atoms with E-state index in [4.69, 9.17) is 0 Å². The van der Waals surface area contributed by atoms with Crippen LogP contribution in [-0.2, 0) is 6.54 Å². The Labute approximate surface area is 151 Å². The van der Waals surface area contributed by atoms with Crippen LogP contribution in [0.1, 0.15) is 40.8 Å². The molecule has 136 valence electrons. The molecule has 1 amide bonds.